The van der Waals surface area contributed by atoms with Gasteiger partial charge in [-0.3, -0.25) is 0 Å². The Bertz CT molecular complexity index is 2300. The first-order valence-electron chi connectivity index (χ1n) is 14.3. The molecule has 0 fully saturated rings. The molecule has 1 aliphatic rings. The molecular weight excluding hydrogens is 508 g/mol. The summed E-state index contributed by atoms with van der Waals surface area (Å²) in [6.45, 7) is 0. The van der Waals surface area contributed by atoms with E-state index in [1.807, 2.05) is 12.3 Å². The van der Waals surface area contributed by atoms with E-state index in [1.165, 1.54) is 65.7 Å². The molecule has 0 aliphatic heterocycles. The maximum absolute atomic E-state index is 5.16. The summed E-state index contributed by atoms with van der Waals surface area (Å²) in [5.41, 5.74) is 10.7. The first-order valence-corrected chi connectivity index (χ1v) is 14.3. The molecule has 0 unspecified atom stereocenters. The summed E-state index contributed by atoms with van der Waals surface area (Å²) in [6, 6.07) is 50.0. The zero-order chi connectivity index (χ0) is 27.6. The summed E-state index contributed by atoms with van der Waals surface area (Å²) < 4.78 is 0. The molecule has 1 aliphatic carbocycles. The van der Waals surface area contributed by atoms with Crippen LogP contribution in [0.2, 0.25) is 0 Å². The fourth-order valence-corrected chi connectivity index (χ4v) is 6.69. The van der Waals surface area contributed by atoms with Gasteiger partial charge in [0.05, 0.1) is 5.69 Å². The van der Waals surface area contributed by atoms with Crippen LogP contribution in [0.3, 0.4) is 0 Å². The lowest BCUT2D eigenvalue weighted by Gasteiger charge is -2.11. The van der Waals surface area contributed by atoms with Crippen LogP contribution in [0.15, 0.2) is 146 Å². The second kappa shape index (κ2) is 8.95. The third-order valence-corrected chi connectivity index (χ3v) is 8.67. The van der Waals surface area contributed by atoms with Gasteiger partial charge in [-0.05, 0) is 96.0 Å². The number of hydrogen-bond donors (Lipinski definition) is 0. The van der Waals surface area contributed by atoms with Gasteiger partial charge >= 0.3 is 0 Å². The fraction of sp³-hybridized carbons (Fsp3) is 0. The Labute approximate surface area is 243 Å². The van der Waals surface area contributed by atoms with Crippen molar-refractivity contribution in [1.82, 2.24) is 9.97 Å². The van der Waals surface area contributed by atoms with E-state index < -0.39 is 0 Å². The van der Waals surface area contributed by atoms with Crippen LogP contribution in [0, 0.1) is 0 Å². The van der Waals surface area contributed by atoms with Crippen molar-refractivity contribution >= 4 is 32.3 Å². The summed E-state index contributed by atoms with van der Waals surface area (Å²) in [5, 5.41) is 7.39. The van der Waals surface area contributed by atoms with Gasteiger partial charge in [0.1, 0.15) is 0 Å². The van der Waals surface area contributed by atoms with Gasteiger partial charge in [0.25, 0.3) is 0 Å². The Balaban J connectivity index is 1.18. The standard InChI is InChI=1S/C40H24N2/c1-2-8-25(9-3-1)28-16-17-30-29(22-28)12-6-13-31(30)38-20-21-41-40(42-38)35-19-18-34-37-24-27-11-5-4-10-26(27)23-36(37)33-15-7-14-32(35)39(33)34/h1-24H. The Hall–Kier alpha value is -5.60. The van der Waals surface area contributed by atoms with Crippen molar-refractivity contribution in [2.45, 2.75) is 0 Å². The lowest BCUT2D eigenvalue weighted by atomic mass is 9.96. The Morgan fingerprint density at radius 2 is 1.07 bits per heavy atom. The quantitative estimate of drug-likeness (QED) is 0.226. The molecular formula is C40H24N2. The summed E-state index contributed by atoms with van der Waals surface area (Å²) in [5.74, 6) is 0.746. The third-order valence-electron chi connectivity index (χ3n) is 8.67. The number of benzene rings is 7. The van der Waals surface area contributed by atoms with Gasteiger partial charge in [-0.15, -0.1) is 0 Å². The Morgan fingerprint density at radius 1 is 0.381 bits per heavy atom. The predicted octanol–water partition coefficient (Wildman–Crippen LogP) is 10.6. The van der Waals surface area contributed by atoms with Gasteiger partial charge in [-0.2, -0.15) is 0 Å². The van der Waals surface area contributed by atoms with Gasteiger partial charge in [-0.1, -0.05) is 109 Å². The average molecular weight is 533 g/mol. The molecule has 0 radical (unpaired) electrons. The van der Waals surface area contributed by atoms with Crippen LogP contribution in [0.5, 0.6) is 0 Å². The molecule has 1 aromatic heterocycles. The van der Waals surface area contributed by atoms with E-state index in [1.54, 1.807) is 0 Å². The van der Waals surface area contributed by atoms with Crippen molar-refractivity contribution in [3.63, 3.8) is 0 Å². The number of aromatic nitrogens is 2. The SMILES string of the molecule is c1ccc(-c2ccc3c(-c4ccnc(-c5ccc6c7c(cccc57)-c5cc7ccccc7cc5-6)n4)cccc3c2)cc1. The monoisotopic (exact) mass is 532 g/mol. The summed E-state index contributed by atoms with van der Waals surface area (Å²) in [7, 11) is 0. The number of fused-ring (bicyclic) bond motifs is 5. The molecule has 7 aromatic carbocycles. The van der Waals surface area contributed by atoms with Crippen molar-refractivity contribution in [1.29, 1.82) is 0 Å². The van der Waals surface area contributed by atoms with Crippen LogP contribution in [0.25, 0.3) is 88.3 Å². The maximum Gasteiger partial charge on any atom is 0.160 e. The zero-order valence-electron chi connectivity index (χ0n) is 22.8. The lowest BCUT2D eigenvalue weighted by Crippen LogP contribution is -1.94. The first kappa shape index (κ1) is 23.1. The number of rotatable bonds is 3. The highest BCUT2D eigenvalue weighted by Gasteiger charge is 2.24. The highest BCUT2D eigenvalue weighted by atomic mass is 14.9. The van der Waals surface area contributed by atoms with E-state index >= 15 is 0 Å². The van der Waals surface area contributed by atoms with E-state index in [4.69, 9.17) is 9.97 Å². The zero-order valence-corrected chi connectivity index (χ0v) is 22.8. The molecule has 0 bridgehead atoms. The molecule has 0 atom stereocenters. The third kappa shape index (κ3) is 3.45. The second-order valence-corrected chi connectivity index (χ2v) is 11.0. The van der Waals surface area contributed by atoms with Gasteiger partial charge in [0, 0.05) is 17.3 Å². The van der Waals surface area contributed by atoms with Crippen molar-refractivity contribution in [2.75, 3.05) is 0 Å². The highest BCUT2D eigenvalue weighted by Crippen LogP contribution is 2.50. The first-order chi connectivity index (χ1) is 20.8. The van der Waals surface area contributed by atoms with Crippen LogP contribution in [-0.2, 0) is 0 Å². The molecule has 2 heteroatoms. The molecule has 0 saturated heterocycles. The predicted molar refractivity (Wildman–Crippen MR) is 175 cm³/mol. The van der Waals surface area contributed by atoms with Crippen LogP contribution < -0.4 is 0 Å². The maximum atomic E-state index is 5.16. The molecule has 2 nitrogen and oxygen atoms in total. The van der Waals surface area contributed by atoms with Gasteiger partial charge in [-0.25, -0.2) is 9.97 Å². The minimum absolute atomic E-state index is 0.746. The molecule has 0 N–H and O–H groups in total. The van der Waals surface area contributed by atoms with E-state index in [0.717, 1.165) is 22.6 Å². The average Bonchev–Trinajstić information content (AvgIpc) is 3.37. The summed E-state index contributed by atoms with van der Waals surface area (Å²) in [4.78, 5) is 9.94. The molecule has 194 valence electrons. The van der Waals surface area contributed by atoms with Crippen molar-refractivity contribution in [3.8, 4) is 56.0 Å². The van der Waals surface area contributed by atoms with Crippen LogP contribution in [0.4, 0.5) is 0 Å². The largest absolute Gasteiger partial charge is 0.237 e. The lowest BCUT2D eigenvalue weighted by molar-refractivity contribution is 1.19. The Kier molecular flexibility index (Phi) is 4.93. The normalized spacial score (nSPS) is 11.8. The smallest absolute Gasteiger partial charge is 0.160 e. The number of nitrogens with zero attached hydrogens (tertiary/aromatic N) is 2. The molecule has 0 amide bonds. The van der Waals surface area contributed by atoms with Crippen molar-refractivity contribution in [3.05, 3.63) is 146 Å². The van der Waals surface area contributed by atoms with Crippen LogP contribution in [0.1, 0.15) is 0 Å². The molecule has 42 heavy (non-hydrogen) atoms. The van der Waals surface area contributed by atoms with E-state index in [-0.39, 0.29) is 0 Å². The molecule has 9 rings (SSSR count). The number of hydrogen-bond acceptors (Lipinski definition) is 2. The summed E-state index contributed by atoms with van der Waals surface area (Å²) in [6.07, 6.45) is 1.89. The molecule has 8 aromatic rings. The Morgan fingerprint density at radius 3 is 1.90 bits per heavy atom. The van der Waals surface area contributed by atoms with Crippen LogP contribution in [-0.4, -0.2) is 9.97 Å². The van der Waals surface area contributed by atoms with Gasteiger partial charge in [0.2, 0.25) is 0 Å². The fourth-order valence-electron chi connectivity index (χ4n) is 6.69. The summed E-state index contributed by atoms with van der Waals surface area (Å²) >= 11 is 0. The topological polar surface area (TPSA) is 25.8 Å². The second-order valence-electron chi connectivity index (χ2n) is 11.0. The van der Waals surface area contributed by atoms with E-state index in [0.29, 0.717) is 0 Å². The van der Waals surface area contributed by atoms with Crippen molar-refractivity contribution < 1.29 is 0 Å². The van der Waals surface area contributed by atoms with E-state index in [9.17, 15) is 0 Å². The minimum Gasteiger partial charge on any atom is -0.237 e. The molecule has 1 heterocycles. The molecule has 0 spiro atoms. The van der Waals surface area contributed by atoms with Crippen LogP contribution >= 0.6 is 0 Å². The highest BCUT2D eigenvalue weighted by molar-refractivity contribution is 6.20. The van der Waals surface area contributed by atoms with Gasteiger partial charge in [0.15, 0.2) is 5.82 Å². The van der Waals surface area contributed by atoms with Gasteiger partial charge < -0.3 is 0 Å². The van der Waals surface area contributed by atoms with E-state index in [2.05, 4.69) is 133 Å². The van der Waals surface area contributed by atoms with Crippen molar-refractivity contribution in [2.24, 2.45) is 0 Å². The molecule has 0 saturated carbocycles. The minimum atomic E-state index is 0.746.